The van der Waals surface area contributed by atoms with E-state index >= 15 is 0 Å². The van der Waals surface area contributed by atoms with Gasteiger partial charge in [0.05, 0.1) is 6.21 Å². The van der Waals surface area contributed by atoms with E-state index in [-0.39, 0.29) is 17.8 Å². The van der Waals surface area contributed by atoms with E-state index in [0.29, 0.717) is 6.42 Å². The molecule has 0 radical (unpaired) electrons. The highest BCUT2D eigenvalue weighted by atomic mass is 16.2. The zero-order valence-corrected chi connectivity index (χ0v) is 13.8. The van der Waals surface area contributed by atoms with Crippen molar-refractivity contribution >= 4 is 18.0 Å². The fourth-order valence-corrected chi connectivity index (χ4v) is 3.11. The van der Waals surface area contributed by atoms with E-state index in [4.69, 9.17) is 10.8 Å². The second-order valence-electron chi connectivity index (χ2n) is 5.96. The van der Waals surface area contributed by atoms with Gasteiger partial charge in [-0.15, -0.1) is 0 Å². The third kappa shape index (κ3) is 4.73. The molecule has 5 heteroatoms. The predicted molar refractivity (Wildman–Crippen MR) is 93.3 cm³/mol. The molecule has 1 saturated heterocycles. The Morgan fingerprint density at radius 2 is 1.96 bits per heavy atom. The van der Waals surface area contributed by atoms with Crippen molar-refractivity contribution in [2.75, 3.05) is 19.6 Å². The Bertz CT molecular complexity index is 535. The van der Waals surface area contributed by atoms with Crippen molar-refractivity contribution < 1.29 is 4.79 Å². The Labute approximate surface area is 138 Å². The molecule has 5 nitrogen and oxygen atoms in total. The Balaban J connectivity index is 1.85. The van der Waals surface area contributed by atoms with Gasteiger partial charge in [-0.3, -0.25) is 15.1 Å². The average Bonchev–Trinajstić information content (AvgIpc) is 2.61. The summed E-state index contributed by atoms with van der Waals surface area (Å²) in [5.74, 6) is -0.0409. The smallest absolute Gasteiger partial charge is 0.228 e. The first-order valence-electron chi connectivity index (χ1n) is 8.33. The normalized spacial score (nSPS) is 16.0. The minimum atomic E-state index is -0.0544. The third-order valence-corrected chi connectivity index (χ3v) is 4.45. The van der Waals surface area contributed by atoms with Crippen LogP contribution in [-0.4, -0.2) is 53.4 Å². The zero-order chi connectivity index (χ0) is 16.7. The lowest BCUT2D eigenvalue weighted by atomic mass is 10.0. The summed E-state index contributed by atoms with van der Waals surface area (Å²) in [7, 11) is 0. The third-order valence-electron chi connectivity index (χ3n) is 4.45. The van der Waals surface area contributed by atoms with Crippen molar-refractivity contribution in [2.24, 2.45) is 0 Å². The summed E-state index contributed by atoms with van der Waals surface area (Å²) >= 11 is 0. The van der Waals surface area contributed by atoms with Gasteiger partial charge in [-0.05, 0) is 24.8 Å². The van der Waals surface area contributed by atoms with Gasteiger partial charge in [0.15, 0.2) is 0 Å². The lowest BCUT2D eigenvalue weighted by Crippen LogP contribution is -2.50. The van der Waals surface area contributed by atoms with Crippen LogP contribution < -0.4 is 0 Å². The van der Waals surface area contributed by atoms with Crippen molar-refractivity contribution in [3.8, 4) is 0 Å². The summed E-state index contributed by atoms with van der Waals surface area (Å²) in [5, 5.41) is 15.1. The molecule has 1 fully saturated rings. The van der Waals surface area contributed by atoms with E-state index < -0.39 is 0 Å². The molecule has 1 heterocycles. The number of carbonyl (C=O) groups is 1. The highest BCUT2D eigenvalue weighted by Gasteiger charge is 2.29. The first kappa shape index (κ1) is 17.3. The largest absolute Gasteiger partial charge is 0.305 e. The van der Waals surface area contributed by atoms with Crippen LogP contribution in [0.2, 0.25) is 0 Å². The van der Waals surface area contributed by atoms with Crippen molar-refractivity contribution in [1.82, 2.24) is 9.80 Å². The van der Waals surface area contributed by atoms with Crippen molar-refractivity contribution in [2.45, 2.75) is 38.6 Å². The number of piperidine rings is 1. The second kappa shape index (κ2) is 8.58. The average molecular weight is 314 g/mol. The standard InChI is InChI=1S/C18H26N4O/c1-2-18(23)22(17(20)14-19)16-9-12-21(13-10-16)11-8-15-6-4-3-5-7-15/h3-7,14,16,19-20H,2,8-13H2,1H3. The second-order valence-corrected chi connectivity index (χ2v) is 5.96. The molecule has 0 bridgehead atoms. The van der Waals surface area contributed by atoms with Gasteiger partial charge in [-0.1, -0.05) is 37.3 Å². The van der Waals surface area contributed by atoms with Crippen LogP contribution in [-0.2, 0) is 11.2 Å². The maximum Gasteiger partial charge on any atom is 0.228 e. The highest BCUT2D eigenvalue weighted by Crippen LogP contribution is 2.18. The molecule has 0 aromatic heterocycles. The zero-order valence-electron chi connectivity index (χ0n) is 13.8. The molecule has 1 amide bonds. The molecule has 0 spiro atoms. The molecule has 0 unspecified atom stereocenters. The van der Waals surface area contributed by atoms with Crippen LogP contribution in [0.5, 0.6) is 0 Å². The van der Waals surface area contributed by atoms with E-state index in [1.807, 2.05) is 13.0 Å². The first-order chi connectivity index (χ1) is 11.2. The van der Waals surface area contributed by atoms with Gasteiger partial charge in [0.1, 0.15) is 5.84 Å². The lowest BCUT2D eigenvalue weighted by molar-refractivity contribution is -0.129. The minimum absolute atomic E-state index is 0.0135. The molecule has 0 saturated carbocycles. The van der Waals surface area contributed by atoms with Crippen molar-refractivity contribution in [3.63, 3.8) is 0 Å². The van der Waals surface area contributed by atoms with Gasteiger partial charge in [0.25, 0.3) is 0 Å². The predicted octanol–water partition coefficient (Wildman–Crippen LogP) is 2.56. The lowest BCUT2D eigenvalue weighted by Gasteiger charge is -2.37. The molecule has 2 rings (SSSR count). The van der Waals surface area contributed by atoms with Gasteiger partial charge >= 0.3 is 0 Å². The highest BCUT2D eigenvalue weighted by molar-refractivity contribution is 6.30. The number of benzene rings is 1. The summed E-state index contributed by atoms with van der Waals surface area (Å²) in [6.45, 7) is 4.72. The number of amidine groups is 1. The maximum absolute atomic E-state index is 12.1. The van der Waals surface area contributed by atoms with Crippen LogP contribution in [0.1, 0.15) is 31.7 Å². The fraction of sp³-hybridized carbons (Fsp3) is 0.500. The summed E-state index contributed by atoms with van der Waals surface area (Å²) in [6.07, 6.45) is 4.13. The van der Waals surface area contributed by atoms with Gasteiger partial charge in [0.2, 0.25) is 5.91 Å². The summed E-state index contributed by atoms with van der Waals surface area (Å²) in [4.78, 5) is 16.0. The number of nitrogens with one attached hydrogen (secondary N) is 2. The molecule has 1 aromatic carbocycles. The van der Waals surface area contributed by atoms with E-state index in [9.17, 15) is 4.79 Å². The molecular weight excluding hydrogens is 288 g/mol. The molecule has 23 heavy (non-hydrogen) atoms. The molecule has 0 atom stereocenters. The topological polar surface area (TPSA) is 71.2 Å². The molecule has 0 aliphatic carbocycles. The van der Waals surface area contributed by atoms with Crippen molar-refractivity contribution in [3.05, 3.63) is 35.9 Å². The number of hydrogen-bond donors (Lipinski definition) is 2. The molecule has 1 aliphatic rings. The van der Waals surface area contributed by atoms with E-state index in [2.05, 4.69) is 29.2 Å². The number of rotatable bonds is 6. The SMILES string of the molecule is CCC(=O)N(C(=N)C=N)C1CCN(CCc2ccccc2)CC1. The molecule has 2 N–H and O–H groups in total. The summed E-state index contributed by atoms with van der Waals surface area (Å²) in [5.41, 5.74) is 1.35. The number of hydrogen-bond acceptors (Lipinski definition) is 4. The molecule has 1 aromatic rings. The van der Waals surface area contributed by atoms with E-state index in [0.717, 1.165) is 45.1 Å². The maximum atomic E-state index is 12.1. The summed E-state index contributed by atoms with van der Waals surface area (Å²) in [6, 6.07) is 10.5. The van der Waals surface area contributed by atoms with Gasteiger partial charge < -0.3 is 10.3 Å². The van der Waals surface area contributed by atoms with E-state index in [1.54, 1.807) is 0 Å². The van der Waals surface area contributed by atoms with Crippen LogP contribution in [0, 0.1) is 10.8 Å². The monoisotopic (exact) mass is 314 g/mol. The molecular formula is C18H26N4O. The fourth-order valence-electron chi connectivity index (χ4n) is 3.11. The Hall–Kier alpha value is -2.01. The molecule has 1 aliphatic heterocycles. The van der Waals surface area contributed by atoms with Crippen molar-refractivity contribution in [1.29, 1.82) is 10.8 Å². The minimum Gasteiger partial charge on any atom is -0.305 e. The Kier molecular flexibility index (Phi) is 6.47. The van der Waals surface area contributed by atoms with Gasteiger partial charge in [0, 0.05) is 32.1 Å². The number of carbonyl (C=O) groups excluding carboxylic acids is 1. The number of amides is 1. The van der Waals surface area contributed by atoms with Crippen LogP contribution >= 0.6 is 0 Å². The van der Waals surface area contributed by atoms with Crippen LogP contribution in [0.3, 0.4) is 0 Å². The Morgan fingerprint density at radius 3 is 2.52 bits per heavy atom. The number of likely N-dealkylation sites (tertiary alicyclic amines) is 1. The van der Waals surface area contributed by atoms with Gasteiger partial charge in [-0.25, -0.2) is 0 Å². The molecule has 124 valence electrons. The summed E-state index contributed by atoms with van der Waals surface area (Å²) < 4.78 is 0. The Morgan fingerprint density at radius 1 is 1.30 bits per heavy atom. The van der Waals surface area contributed by atoms with Crippen LogP contribution in [0.25, 0.3) is 0 Å². The quantitative estimate of drug-likeness (QED) is 0.626. The van der Waals surface area contributed by atoms with Crippen LogP contribution in [0.15, 0.2) is 30.3 Å². The number of nitrogens with zero attached hydrogens (tertiary/aromatic N) is 2. The van der Waals surface area contributed by atoms with Gasteiger partial charge in [-0.2, -0.15) is 0 Å². The first-order valence-corrected chi connectivity index (χ1v) is 8.33. The van der Waals surface area contributed by atoms with Crippen LogP contribution in [0.4, 0.5) is 0 Å². The van der Waals surface area contributed by atoms with E-state index in [1.165, 1.54) is 10.5 Å².